The molecule has 0 aliphatic heterocycles. The van der Waals surface area contributed by atoms with Crippen molar-refractivity contribution in [2.24, 2.45) is 0 Å². The molecule has 1 aromatic heterocycles. The lowest BCUT2D eigenvalue weighted by Crippen LogP contribution is -2.06. The third-order valence-corrected chi connectivity index (χ3v) is 3.58. The second-order valence-electron chi connectivity index (χ2n) is 5.28. The Labute approximate surface area is 112 Å². The molecule has 3 rings (SSSR count). The van der Waals surface area contributed by atoms with Gasteiger partial charge in [0.15, 0.2) is 5.82 Å². The molecule has 106 valence electrons. The van der Waals surface area contributed by atoms with Gasteiger partial charge in [-0.15, -0.1) is 0 Å². The van der Waals surface area contributed by atoms with Crippen LogP contribution in [0.2, 0.25) is 0 Å². The van der Waals surface area contributed by atoms with Crippen LogP contribution in [0.15, 0.2) is 22.7 Å². The van der Waals surface area contributed by atoms with E-state index in [1.165, 1.54) is 6.07 Å². The molecule has 20 heavy (non-hydrogen) atoms. The molecule has 0 radical (unpaired) electrons. The van der Waals surface area contributed by atoms with Gasteiger partial charge >= 0.3 is 6.18 Å². The molecule has 0 spiro atoms. The summed E-state index contributed by atoms with van der Waals surface area (Å²) in [5.41, 5.74) is 5.08. The normalized spacial score (nSPS) is 17.2. The van der Waals surface area contributed by atoms with Crippen LogP contribution < -0.4 is 5.73 Å². The Balaban J connectivity index is 1.96. The highest BCUT2D eigenvalue weighted by Gasteiger charge is 2.43. The van der Waals surface area contributed by atoms with E-state index in [9.17, 15) is 13.2 Å². The number of rotatable bonds is 2. The second-order valence-corrected chi connectivity index (χ2v) is 5.28. The molecule has 1 aliphatic carbocycles. The van der Waals surface area contributed by atoms with Gasteiger partial charge in [0.1, 0.15) is 0 Å². The van der Waals surface area contributed by atoms with Crippen LogP contribution in [-0.4, -0.2) is 10.1 Å². The molecule has 1 saturated carbocycles. The minimum atomic E-state index is -4.42. The second kappa shape index (κ2) is 3.97. The smallest absolute Gasteiger partial charge is 0.398 e. The van der Waals surface area contributed by atoms with E-state index >= 15 is 0 Å². The van der Waals surface area contributed by atoms with Crippen molar-refractivity contribution in [3.63, 3.8) is 0 Å². The van der Waals surface area contributed by atoms with Crippen molar-refractivity contribution < 1.29 is 17.7 Å². The zero-order chi connectivity index (χ0) is 14.5. The quantitative estimate of drug-likeness (QED) is 0.858. The molecule has 1 aromatic carbocycles. The largest absolute Gasteiger partial charge is 0.416 e. The van der Waals surface area contributed by atoms with E-state index in [4.69, 9.17) is 10.3 Å². The molecule has 7 heteroatoms. The van der Waals surface area contributed by atoms with E-state index in [1.807, 2.05) is 6.92 Å². The van der Waals surface area contributed by atoms with Crippen molar-refractivity contribution in [1.29, 1.82) is 0 Å². The van der Waals surface area contributed by atoms with Gasteiger partial charge in [-0.05, 0) is 31.0 Å². The van der Waals surface area contributed by atoms with Crippen molar-refractivity contribution in [3.05, 3.63) is 29.6 Å². The first-order valence-corrected chi connectivity index (χ1v) is 6.11. The first-order valence-electron chi connectivity index (χ1n) is 6.11. The molecule has 1 fully saturated rings. The van der Waals surface area contributed by atoms with Crippen LogP contribution in [0.5, 0.6) is 0 Å². The molecule has 0 atom stereocenters. The van der Waals surface area contributed by atoms with Crippen LogP contribution in [0.3, 0.4) is 0 Å². The molecule has 0 saturated heterocycles. The number of aromatic nitrogens is 2. The van der Waals surface area contributed by atoms with Crippen molar-refractivity contribution in [2.75, 3.05) is 5.73 Å². The lowest BCUT2D eigenvalue weighted by molar-refractivity contribution is -0.137. The van der Waals surface area contributed by atoms with Gasteiger partial charge in [0, 0.05) is 11.1 Å². The Hall–Kier alpha value is -2.05. The fourth-order valence-electron chi connectivity index (χ4n) is 1.92. The standard InChI is InChI=1S/C13H12F3N3O/c1-12(4-5-12)11-18-10(20-19-11)8-3-2-7(6-9(8)17)13(14,15)16/h2-3,6H,4-5,17H2,1H3. The fourth-order valence-corrected chi connectivity index (χ4v) is 1.92. The van der Waals surface area contributed by atoms with E-state index in [2.05, 4.69) is 10.1 Å². The van der Waals surface area contributed by atoms with E-state index in [-0.39, 0.29) is 17.0 Å². The summed E-state index contributed by atoms with van der Waals surface area (Å²) in [6.07, 6.45) is -2.46. The summed E-state index contributed by atoms with van der Waals surface area (Å²) in [6.45, 7) is 2.01. The summed E-state index contributed by atoms with van der Waals surface area (Å²) < 4.78 is 42.8. The van der Waals surface area contributed by atoms with Crippen LogP contribution >= 0.6 is 0 Å². The Kier molecular flexibility index (Phi) is 2.57. The van der Waals surface area contributed by atoms with Crippen molar-refractivity contribution >= 4 is 5.69 Å². The van der Waals surface area contributed by atoms with Gasteiger partial charge in [-0.3, -0.25) is 0 Å². The van der Waals surface area contributed by atoms with E-state index in [0.717, 1.165) is 25.0 Å². The Morgan fingerprint density at radius 1 is 1.30 bits per heavy atom. The van der Waals surface area contributed by atoms with Crippen molar-refractivity contribution in [3.8, 4) is 11.5 Å². The molecule has 0 amide bonds. The molecule has 2 N–H and O–H groups in total. The number of nitrogen functional groups attached to an aromatic ring is 1. The van der Waals surface area contributed by atoms with Gasteiger partial charge in [-0.1, -0.05) is 12.1 Å². The maximum absolute atomic E-state index is 12.6. The SMILES string of the molecule is CC1(c2noc(-c3ccc(C(F)(F)F)cc3N)n2)CC1. The molecule has 4 nitrogen and oxygen atoms in total. The highest BCUT2D eigenvalue weighted by molar-refractivity contribution is 5.71. The molecule has 1 heterocycles. The van der Waals surface area contributed by atoms with Gasteiger partial charge in [0.25, 0.3) is 5.89 Å². The van der Waals surface area contributed by atoms with E-state index in [1.54, 1.807) is 0 Å². The van der Waals surface area contributed by atoms with Crippen LogP contribution in [0.4, 0.5) is 18.9 Å². The highest BCUT2D eigenvalue weighted by atomic mass is 19.4. The number of hydrogen-bond acceptors (Lipinski definition) is 4. The van der Waals surface area contributed by atoms with Crippen LogP contribution in [0.1, 0.15) is 31.2 Å². The Morgan fingerprint density at radius 3 is 2.55 bits per heavy atom. The summed E-state index contributed by atoms with van der Waals surface area (Å²) in [5.74, 6) is 0.728. The number of alkyl halides is 3. The van der Waals surface area contributed by atoms with Gasteiger partial charge in [0.05, 0.1) is 11.1 Å². The maximum atomic E-state index is 12.6. The van der Waals surface area contributed by atoms with Crippen LogP contribution in [0.25, 0.3) is 11.5 Å². The number of nitrogens with two attached hydrogens (primary N) is 1. The van der Waals surface area contributed by atoms with Gasteiger partial charge in [-0.25, -0.2) is 0 Å². The fraction of sp³-hybridized carbons (Fsp3) is 0.385. The monoisotopic (exact) mass is 283 g/mol. The Morgan fingerprint density at radius 2 is 2.00 bits per heavy atom. The van der Waals surface area contributed by atoms with E-state index in [0.29, 0.717) is 11.4 Å². The number of hydrogen-bond donors (Lipinski definition) is 1. The third kappa shape index (κ3) is 2.13. The molecule has 0 bridgehead atoms. The predicted molar refractivity (Wildman–Crippen MR) is 65.7 cm³/mol. The van der Waals surface area contributed by atoms with Gasteiger partial charge < -0.3 is 10.3 Å². The average Bonchev–Trinajstić information content (AvgIpc) is 2.91. The first kappa shape index (κ1) is 13.0. The number of anilines is 1. The minimum absolute atomic E-state index is 0.0315. The third-order valence-electron chi connectivity index (χ3n) is 3.58. The van der Waals surface area contributed by atoms with Crippen molar-refractivity contribution in [1.82, 2.24) is 10.1 Å². The summed E-state index contributed by atoms with van der Waals surface area (Å²) >= 11 is 0. The zero-order valence-corrected chi connectivity index (χ0v) is 10.7. The minimum Gasteiger partial charge on any atom is -0.398 e. The summed E-state index contributed by atoms with van der Waals surface area (Å²) in [5, 5.41) is 3.87. The summed E-state index contributed by atoms with van der Waals surface area (Å²) in [7, 11) is 0. The van der Waals surface area contributed by atoms with Crippen LogP contribution in [0, 0.1) is 0 Å². The molecular formula is C13H12F3N3O. The highest BCUT2D eigenvalue weighted by Crippen LogP contribution is 2.46. The average molecular weight is 283 g/mol. The van der Waals surface area contributed by atoms with Gasteiger partial charge in [0.2, 0.25) is 0 Å². The number of halogens is 3. The number of benzene rings is 1. The molecule has 2 aromatic rings. The lowest BCUT2D eigenvalue weighted by Gasteiger charge is -2.08. The maximum Gasteiger partial charge on any atom is 0.416 e. The van der Waals surface area contributed by atoms with Crippen LogP contribution in [-0.2, 0) is 11.6 Å². The first-order chi connectivity index (χ1) is 9.29. The Bertz CT molecular complexity index is 659. The van der Waals surface area contributed by atoms with Crippen molar-refractivity contribution in [2.45, 2.75) is 31.4 Å². The lowest BCUT2D eigenvalue weighted by atomic mass is 10.1. The summed E-state index contributed by atoms with van der Waals surface area (Å²) in [4.78, 5) is 4.23. The topological polar surface area (TPSA) is 64.9 Å². The predicted octanol–water partition coefficient (Wildman–Crippen LogP) is 3.39. The number of nitrogens with zero attached hydrogens (tertiary/aromatic N) is 2. The van der Waals surface area contributed by atoms with E-state index < -0.39 is 11.7 Å². The molecular weight excluding hydrogens is 271 g/mol. The summed E-state index contributed by atoms with van der Waals surface area (Å²) in [6, 6.07) is 3.08. The van der Waals surface area contributed by atoms with Gasteiger partial charge in [-0.2, -0.15) is 18.2 Å². The molecule has 0 unspecified atom stereocenters. The molecule has 1 aliphatic rings. The zero-order valence-electron chi connectivity index (χ0n) is 10.7.